The molecule has 0 fully saturated rings. The van der Waals surface area contributed by atoms with E-state index in [1.807, 2.05) is 24.3 Å². The monoisotopic (exact) mass is 460 g/mol. The molecule has 0 bridgehead atoms. The predicted octanol–water partition coefficient (Wildman–Crippen LogP) is 4.78. The van der Waals surface area contributed by atoms with Crippen LogP contribution in [0.25, 0.3) is 0 Å². The summed E-state index contributed by atoms with van der Waals surface area (Å²) >= 11 is 3.56. The standard InChI is InChI=1S/C22H25BrN2O4/c1-22(2,3)16-7-9-18(17(23)12-16)27-10-4-5-21(26)25-24-13-15-6-8-19-20(11-15)29-14-28-19/h6-9,11-13H,4-5,10,14H2,1-3H3,(H,25,26)/b24-13+. The van der Waals surface area contributed by atoms with Crippen LogP contribution in [0.15, 0.2) is 46.0 Å². The summed E-state index contributed by atoms with van der Waals surface area (Å²) in [6, 6.07) is 11.6. The maximum Gasteiger partial charge on any atom is 0.240 e. The smallest absolute Gasteiger partial charge is 0.240 e. The summed E-state index contributed by atoms with van der Waals surface area (Å²) in [4.78, 5) is 11.9. The van der Waals surface area contributed by atoms with Crippen LogP contribution in [0.1, 0.15) is 44.7 Å². The Morgan fingerprint density at radius 1 is 1.21 bits per heavy atom. The van der Waals surface area contributed by atoms with E-state index >= 15 is 0 Å². The molecule has 1 aliphatic rings. The van der Waals surface area contributed by atoms with Gasteiger partial charge in [-0.15, -0.1) is 0 Å². The van der Waals surface area contributed by atoms with Crippen LogP contribution in [0.3, 0.4) is 0 Å². The Morgan fingerprint density at radius 2 is 2.00 bits per heavy atom. The summed E-state index contributed by atoms with van der Waals surface area (Å²) in [5, 5.41) is 3.98. The van der Waals surface area contributed by atoms with Crippen molar-refractivity contribution in [3.63, 3.8) is 0 Å². The number of nitrogens with one attached hydrogen (secondary N) is 1. The average molecular weight is 461 g/mol. The first-order chi connectivity index (χ1) is 13.8. The van der Waals surface area contributed by atoms with Crippen LogP contribution in [-0.4, -0.2) is 25.5 Å². The number of nitrogens with zero attached hydrogens (tertiary/aromatic N) is 1. The highest BCUT2D eigenvalue weighted by molar-refractivity contribution is 9.10. The highest BCUT2D eigenvalue weighted by Gasteiger charge is 2.15. The van der Waals surface area contributed by atoms with Crippen LogP contribution in [0.2, 0.25) is 0 Å². The average Bonchev–Trinajstić information content (AvgIpc) is 3.13. The SMILES string of the molecule is CC(C)(C)c1ccc(OCCCC(=O)N/N=C/c2ccc3c(c2)OCO3)c(Br)c1. The number of amides is 1. The Balaban J connectivity index is 1.39. The molecule has 0 aromatic heterocycles. The number of ether oxygens (including phenoxy) is 3. The number of benzene rings is 2. The van der Waals surface area contributed by atoms with E-state index in [4.69, 9.17) is 14.2 Å². The molecule has 1 N–H and O–H groups in total. The van der Waals surface area contributed by atoms with Gasteiger partial charge in [0.1, 0.15) is 5.75 Å². The van der Waals surface area contributed by atoms with Crippen LogP contribution in [0, 0.1) is 0 Å². The zero-order valence-corrected chi connectivity index (χ0v) is 18.4. The van der Waals surface area contributed by atoms with Crippen molar-refractivity contribution in [2.75, 3.05) is 13.4 Å². The fourth-order valence-electron chi connectivity index (χ4n) is 2.73. The van der Waals surface area contributed by atoms with E-state index in [9.17, 15) is 4.79 Å². The zero-order chi connectivity index (χ0) is 20.9. The molecule has 1 heterocycles. The Kier molecular flexibility index (Phi) is 6.79. The fourth-order valence-corrected chi connectivity index (χ4v) is 3.22. The number of halogens is 1. The highest BCUT2D eigenvalue weighted by Crippen LogP contribution is 2.32. The molecule has 0 atom stereocenters. The molecule has 3 rings (SSSR count). The number of hydrazone groups is 1. The number of carbonyl (C=O) groups excluding carboxylic acids is 1. The lowest BCUT2D eigenvalue weighted by Gasteiger charge is -2.20. The summed E-state index contributed by atoms with van der Waals surface area (Å²) in [5.74, 6) is 2.01. The summed E-state index contributed by atoms with van der Waals surface area (Å²) < 4.78 is 17.3. The number of rotatable bonds is 7. The van der Waals surface area contributed by atoms with Crippen LogP contribution >= 0.6 is 15.9 Å². The van der Waals surface area contributed by atoms with Gasteiger partial charge in [-0.05, 0) is 69.2 Å². The Labute approximate surface area is 179 Å². The Morgan fingerprint density at radius 3 is 2.76 bits per heavy atom. The summed E-state index contributed by atoms with van der Waals surface area (Å²) in [6.07, 6.45) is 2.50. The minimum atomic E-state index is -0.160. The number of fused-ring (bicyclic) bond motifs is 1. The summed E-state index contributed by atoms with van der Waals surface area (Å²) in [7, 11) is 0. The van der Waals surface area contributed by atoms with Crippen molar-refractivity contribution < 1.29 is 19.0 Å². The highest BCUT2D eigenvalue weighted by atomic mass is 79.9. The van der Waals surface area contributed by atoms with Crippen molar-refractivity contribution in [2.24, 2.45) is 5.10 Å². The van der Waals surface area contributed by atoms with Gasteiger partial charge in [0, 0.05) is 6.42 Å². The minimum absolute atomic E-state index is 0.0836. The van der Waals surface area contributed by atoms with Crippen molar-refractivity contribution in [1.29, 1.82) is 0 Å². The van der Waals surface area contributed by atoms with Crippen LogP contribution < -0.4 is 19.6 Å². The van der Waals surface area contributed by atoms with E-state index in [2.05, 4.69) is 59.4 Å². The zero-order valence-electron chi connectivity index (χ0n) is 16.8. The maximum absolute atomic E-state index is 11.9. The van der Waals surface area contributed by atoms with Crippen LogP contribution in [0.4, 0.5) is 0 Å². The van der Waals surface area contributed by atoms with Crippen LogP contribution in [0.5, 0.6) is 17.2 Å². The number of hydrogen-bond acceptors (Lipinski definition) is 5. The molecule has 0 unspecified atom stereocenters. The molecule has 2 aromatic rings. The first kappa shape index (κ1) is 21.2. The molecular weight excluding hydrogens is 436 g/mol. The molecule has 0 radical (unpaired) electrons. The van der Waals surface area contributed by atoms with E-state index in [1.165, 1.54) is 5.56 Å². The third-order valence-corrected chi connectivity index (χ3v) is 5.02. The molecule has 0 spiro atoms. The van der Waals surface area contributed by atoms with Gasteiger partial charge in [0.2, 0.25) is 12.7 Å². The maximum atomic E-state index is 11.9. The largest absolute Gasteiger partial charge is 0.492 e. The van der Waals surface area contributed by atoms with Crippen molar-refractivity contribution in [3.05, 3.63) is 52.0 Å². The second-order valence-corrected chi connectivity index (χ2v) is 8.61. The molecule has 1 amide bonds. The van der Waals surface area contributed by atoms with Crippen molar-refractivity contribution in [3.8, 4) is 17.2 Å². The molecule has 1 aliphatic heterocycles. The van der Waals surface area contributed by atoms with Gasteiger partial charge in [0.15, 0.2) is 11.5 Å². The van der Waals surface area contributed by atoms with E-state index in [-0.39, 0.29) is 18.1 Å². The summed E-state index contributed by atoms with van der Waals surface area (Å²) in [6.45, 7) is 7.19. The fraction of sp³-hybridized carbons (Fsp3) is 0.364. The van der Waals surface area contributed by atoms with Crippen molar-refractivity contribution >= 4 is 28.1 Å². The lowest BCUT2D eigenvalue weighted by Crippen LogP contribution is -2.18. The van der Waals surface area contributed by atoms with Gasteiger partial charge < -0.3 is 14.2 Å². The molecule has 29 heavy (non-hydrogen) atoms. The molecule has 0 saturated carbocycles. The van der Waals surface area contributed by atoms with Gasteiger partial charge in [-0.1, -0.05) is 26.8 Å². The molecule has 7 heteroatoms. The van der Waals surface area contributed by atoms with Crippen molar-refractivity contribution in [1.82, 2.24) is 5.43 Å². The lowest BCUT2D eigenvalue weighted by molar-refractivity contribution is -0.121. The third kappa shape index (κ3) is 5.97. The number of carbonyl (C=O) groups is 1. The second kappa shape index (κ2) is 9.31. The quantitative estimate of drug-likeness (QED) is 0.366. The normalized spacial score (nSPS) is 13.0. The van der Waals surface area contributed by atoms with E-state index in [0.717, 1.165) is 15.8 Å². The van der Waals surface area contributed by atoms with Gasteiger partial charge >= 0.3 is 0 Å². The van der Waals surface area contributed by atoms with E-state index < -0.39 is 0 Å². The Hall–Kier alpha value is -2.54. The first-order valence-corrected chi connectivity index (χ1v) is 10.3. The van der Waals surface area contributed by atoms with Gasteiger partial charge in [-0.3, -0.25) is 4.79 Å². The molecule has 2 aromatic carbocycles. The summed E-state index contributed by atoms with van der Waals surface area (Å²) in [5.41, 5.74) is 4.66. The van der Waals surface area contributed by atoms with Crippen LogP contribution in [-0.2, 0) is 10.2 Å². The lowest BCUT2D eigenvalue weighted by atomic mass is 9.87. The molecule has 6 nitrogen and oxygen atoms in total. The number of hydrogen-bond donors (Lipinski definition) is 1. The van der Waals surface area contributed by atoms with E-state index in [0.29, 0.717) is 30.9 Å². The first-order valence-electron chi connectivity index (χ1n) is 9.47. The molecule has 0 saturated heterocycles. The topological polar surface area (TPSA) is 69.2 Å². The van der Waals surface area contributed by atoms with Gasteiger partial charge in [-0.25, -0.2) is 5.43 Å². The third-order valence-electron chi connectivity index (χ3n) is 4.40. The van der Waals surface area contributed by atoms with Crippen molar-refractivity contribution in [2.45, 2.75) is 39.0 Å². The minimum Gasteiger partial charge on any atom is -0.492 e. The molecule has 0 aliphatic carbocycles. The van der Waals surface area contributed by atoms with Gasteiger partial charge in [0.25, 0.3) is 0 Å². The van der Waals surface area contributed by atoms with E-state index in [1.54, 1.807) is 6.21 Å². The second-order valence-electron chi connectivity index (χ2n) is 7.75. The molecular formula is C22H25BrN2O4. The molecule has 154 valence electrons. The van der Waals surface area contributed by atoms with Gasteiger partial charge in [-0.2, -0.15) is 5.10 Å². The predicted molar refractivity (Wildman–Crippen MR) is 116 cm³/mol. The Bertz CT molecular complexity index is 906. The van der Waals surface area contributed by atoms with Gasteiger partial charge in [0.05, 0.1) is 17.3 Å².